The van der Waals surface area contributed by atoms with Crippen LogP contribution in [0, 0.1) is 0 Å². The first-order chi connectivity index (χ1) is 14.8. The highest BCUT2D eigenvalue weighted by molar-refractivity contribution is 7.13. The van der Waals surface area contributed by atoms with Gasteiger partial charge in [0.2, 0.25) is 5.13 Å². The minimum Gasteiger partial charge on any atom is -0.497 e. The predicted octanol–water partition coefficient (Wildman–Crippen LogP) is 3.95. The molecule has 3 aromatic rings. The van der Waals surface area contributed by atoms with Crippen molar-refractivity contribution >= 4 is 33.9 Å². The first-order valence-corrected chi connectivity index (χ1v) is 10.6. The number of rotatable bonds is 5. The molecule has 0 radical (unpaired) electrons. The summed E-state index contributed by atoms with van der Waals surface area (Å²) >= 11 is 1.24. The Hall–Kier alpha value is -3.52. The van der Waals surface area contributed by atoms with Crippen LogP contribution in [-0.2, 0) is 6.42 Å². The Bertz CT molecular complexity index is 1150. The molecular weight excluding hydrogens is 412 g/mol. The maximum absolute atomic E-state index is 13.0. The van der Waals surface area contributed by atoms with E-state index in [0.717, 1.165) is 29.0 Å². The second kappa shape index (κ2) is 8.31. The van der Waals surface area contributed by atoms with Crippen molar-refractivity contribution in [2.24, 2.45) is 0 Å². The monoisotopic (exact) mass is 434 g/mol. The number of amides is 1. The highest BCUT2D eigenvalue weighted by Crippen LogP contribution is 2.32. The molecule has 1 aromatic heterocycles. The van der Waals surface area contributed by atoms with E-state index in [1.165, 1.54) is 11.3 Å². The van der Waals surface area contributed by atoms with Gasteiger partial charge >= 0.3 is 0 Å². The number of nitrogens with zero attached hydrogens (tertiary/aromatic N) is 2. The van der Waals surface area contributed by atoms with E-state index in [1.807, 2.05) is 18.2 Å². The van der Waals surface area contributed by atoms with Gasteiger partial charge in [0.25, 0.3) is 5.91 Å². The van der Waals surface area contributed by atoms with Gasteiger partial charge in [-0.15, -0.1) is 10.2 Å². The van der Waals surface area contributed by atoms with E-state index < -0.39 is 0 Å². The summed E-state index contributed by atoms with van der Waals surface area (Å²) in [7, 11) is 1.62. The van der Waals surface area contributed by atoms with Crippen LogP contribution in [0.4, 0.5) is 5.13 Å². The molecule has 0 spiro atoms. The molecule has 2 aromatic carbocycles. The number of benzene rings is 2. The van der Waals surface area contributed by atoms with E-state index >= 15 is 0 Å². The van der Waals surface area contributed by atoms with E-state index in [9.17, 15) is 9.59 Å². The van der Waals surface area contributed by atoms with E-state index in [4.69, 9.17) is 4.74 Å². The minimum atomic E-state index is -0.300. The number of hydrogen-bond donors (Lipinski definition) is 2. The van der Waals surface area contributed by atoms with E-state index in [2.05, 4.69) is 34.7 Å². The molecule has 31 heavy (non-hydrogen) atoms. The van der Waals surface area contributed by atoms with Crippen molar-refractivity contribution in [3.63, 3.8) is 0 Å². The van der Waals surface area contributed by atoms with Gasteiger partial charge in [-0.2, -0.15) is 0 Å². The van der Waals surface area contributed by atoms with Gasteiger partial charge in [0.05, 0.1) is 7.11 Å². The summed E-state index contributed by atoms with van der Waals surface area (Å²) < 4.78 is 5.36. The molecule has 1 aliphatic heterocycles. The fraction of sp³-hybridized carbons (Fsp3) is 0.217. The van der Waals surface area contributed by atoms with Gasteiger partial charge in [0.15, 0.2) is 5.78 Å². The van der Waals surface area contributed by atoms with Gasteiger partial charge in [0.1, 0.15) is 11.3 Å². The summed E-state index contributed by atoms with van der Waals surface area (Å²) in [5.74, 6) is 0.292. The summed E-state index contributed by atoms with van der Waals surface area (Å²) in [5.41, 5.74) is 5.17. The van der Waals surface area contributed by atoms with Gasteiger partial charge < -0.3 is 10.1 Å². The van der Waals surface area contributed by atoms with Crippen LogP contribution in [0.2, 0.25) is 0 Å². The fourth-order valence-electron chi connectivity index (χ4n) is 3.55. The van der Waals surface area contributed by atoms with Crippen molar-refractivity contribution in [3.8, 4) is 5.75 Å². The molecule has 0 aliphatic carbocycles. The molecule has 0 saturated carbocycles. The standard InChI is InChI=1S/C23H22N4O3S/c1-23(2)12-16-8-9-17(30-3)10-18(16)19(26-23)11-20(28)14-4-6-15(7-5-14)21(29)25-22-27-24-13-31-22/h4-11,13,26H,12H2,1-3H3,(H,25,27,29)/b19-11-. The van der Waals surface area contributed by atoms with E-state index in [-0.39, 0.29) is 17.2 Å². The minimum absolute atomic E-state index is 0.148. The smallest absolute Gasteiger partial charge is 0.257 e. The molecule has 2 heterocycles. The molecule has 7 nitrogen and oxygen atoms in total. The number of carbonyl (C=O) groups excluding carboxylic acids is 2. The summed E-state index contributed by atoms with van der Waals surface area (Å²) in [6, 6.07) is 12.5. The van der Waals surface area contributed by atoms with E-state index in [0.29, 0.717) is 16.3 Å². The third kappa shape index (κ3) is 4.64. The molecule has 0 unspecified atom stereocenters. The second-order valence-electron chi connectivity index (χ2n) is 7.91. The number of fused-ring (bicyclic) bond motifs is 1. The number of anilines is 1. The topological polar surface area (TPSA) is 93.2 Å². The Morgan fingerprint density at radius 2 is 1.90 bits per heavy atom. The zero-order valence-electron chi connectivity index (χ0n) is 17.4. The van der Waals surface area contributed by atoms with Crippen molar-refractivity contribution in [2.75, 3.05) is 12.4 Å². The third-order valence-electron chi connectivity index (χ3n) is 5.00. The van der Waals surface area contributed by atoms with Crippen LogP contribution in [-0.4, -0.2) is 34.5 Å². The average Bonchev–Trinajstić information content (AvgIpc) is 3.26. The van der Waals surface area contributed by atoms with Gasteiger partial charge in [-0.05, 0) is 50.1 Å². The zero-order chi connectivity index (χ0) is 22.0. The molecule has 0 atom stereocenters. The fourth-order valence-corrected chi connectivity index (χ4v) is 3.99. The van der Waals surface area contributed by atoms with E-state index in [1.54, 1.807) is 43.0 Å². The normalized spacial score (nSPS) is 15.6. The third-order valence-corrected chi connectivity index (χ3v) is 5.61. The molecule has 2 N–H and O–H groups in total. The largest absolute Gasteiger partial charge is 0.497 e. The van der Waals surface area contributed by atoms with Gasteiger partial charge in [-0.3, -0.25) is 14.9 Å². The summed E-state index contributed by atoms with van der Waals surface area (Å²) in [6.45, 7) is 4.20. The highest BCUT2D eigenvalue weighted by atomic mass is 32.1. The number of allylic oxidation sites excluding steroid dienone is 1. The SMILES string of the molecule is COc1ccc2c(c1)/C(=C/C(=O)c1ccc(C(=O)Nc3nncs3)cc1)NC(C)(C)C2. The lowest BCUT2D eigenvalue weighted by atomic mass is 9.85. The number of hydrogen-bond acceptors (Lipinski definition) is 7. The van der Waals surface area contributed by atoms with Crippen molar-refractivity contribution in [1.29, 1.82) is 0 Å². The van der Waals surface area contributed by atoms with Crippen LogP contribution in [0.5, 0.6) is 5.75 Å². The van der Waals surface area contributed by atoms with Crippen LogP contribution in [0.1, 0.15) is 45.7 Å². The maximum Gasteiger partial charge on any atom is 0.257 e. The molecule has 0 fully saturated rings. The molecule has 8 heteroatoms. The molecule has 4 rings (SSSR count). The number of nitrogens with one attached hydrogen (secondary N) is 2. The Kier molecular flexibility index (Phi) is 5.56. The quantitative estimate of drug-likeness (QED) is 0.467. The van der Waals surface area contributed by atoms with Crippen LogP contribution in [0.15, 0.2) is 54.1 Å². The van der Waals surface area contributed by atoms with Crippen molar-refractivity contribution in [3.05, 3.63) is 76.3 Å². The van der Waals surface area contributed by atoms with Gasteiger partial charge in [-0.1, -0.05) is 29.5 Å². The lowest BCUT2D eigenvalue weighted by Gasteiger charge is -2.35. The summed E-state index contributed by atoms with van der Waals surface area (Å²) in [5, 5.41) is 14.0. The zero-order valence-corrected chi connectivity index (χ0v) is 18.2. The first-order valence-electron chi connectivity index (χ1n) is 9.74. The number of methoxy groups -OCH3 is 1. The van der Waals surface area contributed by atoms with Crippen LogP contribution < -0.4 is 15.4 Å². The lowest BCUT2D eigenvalue weighted by molar-refractivity contribution is 0.102. The molecular formula is C23H22N4O3S. The summed E-state index contributed by atoms with van der Waals surface area (Å²) in [4.78, 5) is 25.2. The van der Waals surface area contributed by atoms with Crippen molar-refractivity contribution in [1.82, 2.24) is 15.5 Å². The highest BCUT2D eigenvalue weighted by Gasteiger charge is 2.28. The molecule has 1 amide bonds. The molecule has 0 bridgehead atoms. The maximum atomic E-state index is 13.0. The van der Waals surface area contributed by atoms with Crippen molar-refractivity contribution in [2.45, 2.75) is 25.8 Å². The molecule has 0 saturated heterocycles. The Labute approximate surface area is 184 Å². The molecule has 1 aliphatic rings. The number of ketones is 1. The second-order valence-corrected chi connectivity index (χ2v) is 8.74. The number of aromatic nitrogens is 2. The van der Waals surface area contributed by atoms with Gasteiger partial charge in [-0.25, -0.2) is 0 Å². The van der Waals surface area contributed by atoms with Crippen LogP contribution in [0.3, 0.4) is 0 Å². The lowest BCUT2D eigenvalue weighted by Crippen LogP contribution is -2.43. The first kappa shape index (κ1) is 20.7. The Morgan fingerprint density at radius 1 is 1.16 bits per heavy atom. The van der Waals surface area contributed by atoms with Gasteiger partial charge in [0, 0.05) is 34.0 Å². The molecule has 158 valence electrons. The van der Waals surface area contributed by atoms with Crippen LogP contribution >= 0.6 is 11.3 Å². The Balaban J connectivity index is 1.58. The van der Waals surface area contributed by atoms with Crippen molar-refractivity contribution < 1.29 is 14.3 Å². The Morgan fingerprint density at radius 3 is 2.58 bits per heavy atom. The number of carbonyl (C=O) groups is 2. The average molecular weight is 435 g/mol. The predicted molar refractivity (Wildman–Crippen MR) is 121 cm³/mol. The number of ether oxygens (including phenoxy) is 1. The van der Waals surface area contributed by atoms with Crippen LogP contribution in [0.25, 0.3) is 5.70 Å². The summed E-state index contributed by atoms with van der Waals surface area (Å²) in [6.07, 6.45) is 2.45.